The van der Waals surface area contributed by atoms with Crippen LogP contribution in [0.3, 0.4) is 0 Å². The summed E-state index contributed by atoms with van der Waals surface area (Å²) in [6.45, 7) is 4.39. The maximum absolute atomic E-state index is 3.22. The first-order valence-electron chi connectivity index (χ1n) is 4.98. The fourth-order valence-electron chi connectivity index (χ4n) is 1.45. The summed E-state index contributed by atoms with van der Waals surface area (Å²) in [5.74, 6) is 4.09. The summed E-state index contributed by atoms with van der Waals surface area (Å²) in [6, 6.07) is 13.4. The van der Waals surface area contributed by atoms with Gasteiger partial charge in [-0.25, -0.2) is 0 Å². The molecule has 0 aliphatic rings. The molecule has 1 heteroatoms. The number of rotatable bonds is 2. The van der Waals surface area contributed by atoms with Crippen molar-refractivity contribution in [3.63, 3.8) is 0 Å². The molecule has 0 aliphatic heterocycles. The van der Waals surface area contributed by atoms with Crippen molar-refractivity contribution in [2.45, 2.75) is 19.8 Å². The first kappa shape index (κ1) is 10.7. The summed E-state index contributed by atoms with van der Waals surface area (Å²) in [6.07, 6.45) is 0. The Morgan fingerprint density at radius 2 is 1.79 bits per heavy atom. The number of hydrogen-bond donors (Lipinski definition) is 1. The minimum absolute atomic E-state index is 0.323. The van der Waals surface area contributed by atoms with Crippen molar-refractivity contribution in [2.24, 2.45) is 5.92 Å². The first-order valence-corrected chi connectivity index (χ1v) is 4.98. The fraction of sp³-hybridized carbons (Fsp3) is 0.385. The zero-order valence-corrected chi connectivity index (χ0v) is 9.04. The zero-order chi connectivity index (χ0) is 10.4. The molecule has 1 atom stereocenters. The second-order valence-electron chi connectivity index (χ2n) is 3.65. The van der Waals surface area contributed by atoms with Crippen LogP contribution in [0, 0.1) is 17.9 Å². The Labute approximate surface area is 86.5 Å². The summed E-state index contributed by atoms with van der Waals surface area (Å²) >= 11 is 0. The highest BCUT2D eigenvalue weighted by atomic mass is 14.8. The van der Waals surface area contributed by atoms with Gasteiger partial charge in [-0.05, 0) is 11.5 Å². The van der Waals surface area contributed by atoms with Crippen LogP contribution < -0.4 is 5.32 Å². The summed E-state index contributed by atoms with van der Waals surface area (Å²) in [5.41, 5.74) is 1.30. The van der Waals surface area contributed by atoms with Crippen LogP contribution in [-0.4, -0.2) is 7.05 Å². The third kappa shape index (κ3) is 2.81. The van der Waals surface area contributed by atoms with E-state index in [4.69, 9.17) is 0 Å². The molecule has 0 aliphatic carbocycles. The van der Waals surface area contributed by atoms with Crippen LogP contribution in [0.25, 0.3) is 0 Å². The standard InChI is InChI=1S/C13H17N/c1-11(2)13(9-10-14-3)12-7-5-4-6-8-12/h4-8,11,13-14H,1-3H3. The van der Waals surface area contributed by atoms with Crippen molar-refractivity contribution >= 4 is 0 Å². The van der Waals surface area contributed by atoms with Gasteiger partial charge in [-0.3, -0.25) is 0 Å². The third-order valence-corrected chi connectivity index (χ3v) is 2.18. The van der Waals surface area contributed by atoms with Gasteiger partial charge in [0, 0.05) is 19.0 Å². The van der Waals surface area contributed by atoms with Gasteiger partial charge in [0.2, 0.25) is 0 Å². The van der Waals surface area contributed by atoms with E-state index in [1.54, 1.807) is 0 Å². The van der Waals surface area contributed by atoms with E-state index < -0.39 is 0 Å². The van der Waals surface area contributed by atoms with Crippen molar-refractivity contribution in [1.82, 2.24) is 5.32 Å². The van der Waals surface area contributed by atoms with E-state index in [-0.39, 0.29) is 0 Å². The average molecular weight is 187 g/mol. The molecular weight excluding hydrogens is 170 g/mol. The summed E-state index contributed by atoms with van der Waals surface area (Å²) < 4.78 is 0. The lowest BCUT2D eigenvalue weighted by Crippen LogP contribution is -2.05. The maximum atomic E-state index is 3.22. The third-order valence-electron chi connectivity index (χ3n) is 2.18. The highest BCUT2D eigenvalue weighted by Gasteiger charge is 2.11. The number of benzene rings is 1. The molecule has 0 heterocycles. The summed E-state index contributed by atoms with van der Waals surface area (Å²) in [4.78, 5) is 0. The number of hydrogen-bond acceptors (Lipinski definition) is 1. The Bertz CT molecular complexity index is 316. The van der Waals surface area contributed by atoms with Gasteiger partial charge in [-0.1, -0.05) is 50.1 Å². The molecule has 14 heavy (non-hydrogen) atoms. The van der Waals surface area contributed by atoms with E-state index in [0.29, 0.717) is 11.8 Å². The molecule has 0 radical (unpaired) electrons. The minimum atomic E-state index is 0.323. The SMILES string of the molecule is CNC#CC(c1ccccc1)C(C)C. The van der Waals surface area contributed by atoms with Gasteiger partial charge in [0.25, 0.3) is 0 Å². The highest BCUT2D eigenvalue weighted by Crippen LogP contribution is 2.22. The molecule has 1 unspecified atom stereocenters. The molecule has 0 aromatic heterocycles. The summed E-state index contributed by atoms with van der Waals surface area (Å²) in [7, 11) is 1.84. The molecule has 0 amide bonds. The highest BCUT2D eigenvalue weighted by molar-refractivity contribution is 5.28. The van der Waals surface area contributed by atoms with Gasteiger partial charge >= 0.3 is 0 Å². The van der Waals surface area contributed by atoms with Gasteiger partial charge in [0.1, 0.15) is 0 Å². The normalized spacial score (nSPS) is 11.7. The quantitative estimate of drug-likeness (QED) is 0.554. The Balaban J connectivity index is 2.89. The maximum Gasteiger partial charge on any atom is 0.0493 e. The summed E-state index contributed by atoms with van der Waals surface area (Å²) in [5, 5.41) is 2.86. The molecule has 0 bridgehead atoms. The minimum Gasteiger partial charge on any atom is -0.349 e. The topological polar surface area (TPSA) is 12.0 Å². The Hall–Kier alpha value is -1.42. The predicted octanol–water partition coefficient (Wildman–Crippen LogP) is 2.61. The van der Waals surface area contributed by atoms with Crippen LogP contribution in [0.4, 0.5) is 0 Å². The molecule has 0 spiro atoms. The lowest BCUT2D eigenvalue weighted by molar-refractivity contribution is 0.591. The molecule has 74 valence electrons. The molecule has 1 rings (SSSR count). The van der Waals surface area contributed by atoms with Crippen LogP contribution in [0.5, 0.6) is 0 Å². The molecule has 0 saturated carbocycles. The molecule has 1 N–H and O–H groups in total. The van der Waals surface area contributed by atoms with Gasteiger partial charge in [0.15, 0.2) is 0 Å². The second kappa shape index (κ2) is 5.34. The van der Waals surface area contributed by atoms with E-state index in [1.165, 1.54) is 5.56 Å². The van der Waals surface area contributed by atoms with Crippen molar-refractivity contribution in [1.29, 1.82) is 0 Å². The fourth-order valence-corrected chi connectivity index (χ4v) is 1.45. The average Bonchev–Trinajstić information content (AvgIpc) is 2.19. The molecular formula is C13H17N. The lowest BCUT2D eigenvalue weighted by Gasteiger charge is -2.14. The van der Waals surface area contributed by atoms with Crippen LogP contribution in [0.2, 0.25) is 0 Å². The van der Waals surface area contributed by atoms with Gasteiger partial charge < -0.3 is 5.32 Å². The Morgan fingerprint density at radius 1 is 1.14 bits per heavy atom. The van der Waals surface area contributed by atoms with E-state index in [9.17, 15) is 0 Å². The molecule has 1 nitrogen and oxygen atoms in total. The van der Waals surface area contributed by atoms with Crippen molar-refractivity contribution in [3.05, 3.63) is 35.9 Å². The van der Waals surface area contributed by atoms with E-state index in [1.807, 2.05) is 13.1 Å². The van der Waals surface area contributed by atoms with E-state index >= 15 is 0 Å². The van der Waals surface area contributed by atoms with Crippen LogP contribution in [0.1, 0.15) is 25.3 Å². The smallest absolute Gasteiger partial charge is 0.0493 e. The van der Waals surface area contributed by atoms with Gasteiger partial charge in [-0.15, -0.1) is 0 Å². The predicted molar refractivity (Wildman–Crippen MR) is 60.9 cm³/mol. The van der Waals surface area contributed by atoms with Crippen LogP contribution in [0.15, 0.2) is 30.3 Å². The Kier molecular flexibility index (Phi) is 4.07. The molecule has 0 saturated heterocycles. The monoisotopic (exact) mass is 187 g/mol. The Morgan fingerprint density at radius 3 is 2.29 bits per heavy atom. The zero-order valence-electron chi connectivity index (χ0n) is 9.04. The van der Waals surface area contributed by atoms with Crippen molar-refractivity contribution < 1.29 is 0 Å². The largest absolute Gasteiger partial charge is 0.349 e. The van der Waals surface area contributed by atoms with Crippen molar-refractivity contribution in [2.75, 3.05) is 7.05 Å². The lowest BCUT2D eigenvalue weighted by atomic mass is 9.89. The van der Waals surface area contributed by atoms with Gasteiger partial charge in [0.05, 0.1) is 0 Å². The van der Waals surface area contributed by atoms with E-state index in [0.717, 1.165) is 0 Å². The van der Waals surface area contributed by atoms with E-state index in [2.05, 4.69) is 55.4 Å². The number of nitrogens with one attached hydrogen (secondary N) is 1. The van der Waals surface area contributed by atoms with Gasteiger partial charge in [-0.2, -0.15) is 0 Å². The van der Waals surface area contributed by atoms with Crippen molar-refractivity contribution in [3.8, 4) is 12.0 Å². The molecule has 0 fully saturated rings. The molecule has 1 aromatic carbocycles. The molecule has 1 aromatic rings. The van der Waals surface area contributed by atoms with Crippen LogP contribution in [-0.2, 0) is 0 Å². The first-order chi connectivity index (χ1) is 6.75. The van der Waals surface area contributed by atoms with Crippen LogP contribution >= 0.6 is 0 Å². The second-order valence-corrected chi connectivity index (χ2v) is 3.65.